The average Bonchev–Trinajstić information content (AvgIpc) is 2.64. The van der Waals surface area contributed by atoms with Crippen LogP contribution in [0.25, 0.3) is 0 Å². The Labute approximate surface area is 160 Å². The highest BCUT2D eigenvalue weighted by Crippen LogP contribution is 2.20. The molecule has 2 aromatic carbocycles. The summed E-state index contributed by atoms with van der Waals surface area (Å²) < 4.78 is 33.2. The van der Waals surface area contributed by atoms with Crippen LogP contribution in [0.2, 0.25) is 0 Å². The molecule has 1 unspecified atom stereocenters. The van der Waals surface area contributed by atoms with Crippen LogP contribution in [0.3, 0.4) is 0 Å². The molecule has 1 heterocycles. The standard InChI is InChI=1S/C20H24N2O4S/c1-14-4-7-17(8-5-14)22-12-18(26-13-20(22)23)11-21-27(24,25)19-9-6-15(2)16(3)10-19/h4-10,18,21H,11-13H2,1-3H3. The van der Waals surface area contributed by atoms with Gasteiger partial charge >= 0.3 is 0 Å². The molecule has 1 aliphatic heterocycles. The van der Waals surface area contributed by atoms with Crippen molar-refractivity contribution in [1.82, 2.24) is 4.72 Å². The average molecular weight is 388 g/mol. The number of nitrogens with one attached hydrogen (secondary N) is 1. The van der Waals surface area contributed by atoms with Crippen molar-refractivity contribution >= 4 is 21.6 Å². The molecule has 0 saturated carbocycles. The van der Waals surface area contributed by atoms with Crippen LogP contribution in [0, 0.1) is 20.8 Å². The molecule has 0 spiro atoms. The van der Waals surface area contributed by atoms with E-state index in [9.17, 15) is 13.2 Å². The second-order valence-corrected chi connectivity index (χ2v) is 8.64. The number of anilines is 1. The van der Waals surface area contributed by atoms with Crippen molar-refractivity contribution in [1.29, 1.82) is 0 Å². The lowest BCUT2D eigenvalue weighted by molar-refractivity contribution is -0.129. The van der Waals surface area contributed by atoms with Gasteiger partial charge in [-0.15, -0.1) is 0 Å². The van der Waals surface area contributed by atoms with E-state index in [1.54, 1.807) is 23.1 Å². The third-order valence-corrected chi connectivity index (χ3v) is 6.19. The monoisotopic (exact) mass is 388 g/mol. The van der Waals surface area contributed by atoms with Crippen LogP contribution in [0.5, 0.6) is 0 Å². The fourth-order valence-corrected chi connectivity index (χ4v) is 4.04. The highest BCUT2D eigenvalue weighted by Gasteiger charge is 2.28. The van der Waals surface area contributed by atoms with E-state index in [2.05, 4.69) is 4.72 Å². The van der Waals surface area contributed by atoms with E-state index in [0.717, 1.165) is 22.4 Å². The van der Waals surface area contributed by atoms with Crippen LogP contribution in [0.15, 0.2) is 47.4 Å². The molecule has 0 bridgehead atoms. The first-order valence-corrected chi connectivity index (χ1v) is 10.3. The van der Waals surface area contributed by atoms with Gasteiger partial charge in [0, 0.05) is 12.2 Å². The summed E-state index contributed by atoms with van der Waals surface area (Å²) in [6.07, 6.45) is -0.412. The number of amides is 1. The zero-order valence-electron chi connectivity index (χ0n) is 15.7. The number of morpholine rings is 1. The third-order valence-electron chi connectivity index (χ3n) is 4.77. The molecule has 27 heavy (non-hydrogen) atoms. The molecule has 0 aliphatic carbocycles. The molecule has 7 heteroatoms. The normalized spacial score (nSPS) is 18.0. The Balaban J connectivity index is 1.67. The van der Waals surface area contributed by atoms with Crippen molar-refractivity contribution in [2.45, 2.75) is 31.8 Å². The van der Waals surface area contributed by atoms with Gasteiger partial charge in [0.2, 0.25) is 10.0 Å². The molecule has 6 nitrogen and oxygen atoms in total. The number of benzene rings is 2. The molecule has 1 fully saturated rings. The lowest BCUT2D eigenvalue weighted by atomic mass is 10.1. The van der Waals surface area contributed by atoms with Gasteiger partial charge in [0.15, 0.2) is 0 Å². The van der Waals surface area contributed by atoms with Crippen LogP contribution >= 0.6 is 0 Å². The molecule has 1 aliphatic rings. The number of ether oxygens (including phenoxy) is 1. The summed E-state index contributed by atoms with van der Waals surface area (Å²) in [6.45, 7) is 6.14. The Morgan fingerprint density at radius 3 is 2.44 bits per heavy atom. The second-order valence-electron chi connectivity index (χ2n) is 6.87. The summed E-state index contributed by atoms with van der Waals surface area (Å²) in [7, 11) is -3.63. The number of carbonyl (C=O) groups excluding carboxylic acids is 1. The van der Waals surface area contributed by atoms with Crippen LogP contribution < -0.4 is 9.62 Å². The minimum atomic E-state index is -3.63. The van der Waals surface area contributed by atoms with Gasteiger partial charge in [-0.1, -0.05) is 23.8 Å². The third kappa shape index (κ3) is 4.55. The van der Waals surface area contributed by atoms with Crippen molar-refractivity contribution in [2.24, 2.45) is 0 Å². The zero-order valence-corrected chi connectivity index (χ0v) is 16.5. The van der Waals surface area contributed by atoms with Crippen LogP contribution in [0.1, 0.15) is 16.7 Å². The fraction of sp³-hybridized carbons (Fsp3) is 0.350. The molecule has 0 radical (unpaired) electrons. The van der Waals surface area contributed by atoms with Gasteiger partial charge in [-0.25, -0.2) is 13.1 Å². The first-order valence-electron chi connectivity index (χ1n) is 8.82. The number of nitrogens with zero attached hydrogens (tertiary/aromatic N) is 1. The summed E-state index contributed by atoms with van der Waals surface area (Å²) >= 11 is 0. The first kappa shape index (κ1) is 19.5. The van der Waals surface area contributed by atoms with Gasteiger partial charge in [-0.3, -0.25) is 4.79 Å². The van der Waals surface area contributed by atoms with E-state index in [4.69, 9.17) is 4.74 Å². The van der Waals surface area contributed by atoms with Gasteiger partial charge in [-0.2, -0.15) is 0 Å². The van der Waals surface area contributed by atoms with Crippen molar-refractivity contribution < 1.29 is 17.9 Å². The fourth-order valence-electron chi connectivity index (χ4n) is 2.89. The molecule has 3 rings (SSSR count). The lowest BCUT2D eigenvalue weighted by Gasteiger charge is -2.33. The zero-order chi connectivity index (χ0) is 19.6. The van der Waals surface area contributed by atoms with E-state index in [1.165, 1.54) is 0 Å². The van der Waals surface area contributed by atoms with Gasteiger partial charge in [-0.05, 0) is 56.2 Å². The SMILES string of the molecule is Cc1ccc(N2CC(CNS(=O)(=O)c3ccc(C)c(C)c3)OCC2=O)cc1. The minimum absolute atomic E-state index is 0.0656. The topological polar surface area (TPSA) is 75.7 Å². The number of hydrogen-bond donors (Lipinski definition) is 1. The largest absolute Gasteiger partial charge is 0.365 e. The Morgan fingerprint density at radius 2 is 1.78 bits per heavy atom. The summed E-state index contributed by atoms with van der Waals surface area (Å²) in [4.78, 5) is 14.0. The number of carbonyl (C=O) groups is 1. The van der Waals surface area contributed by atoms with E-state index >= 15 is 0 Å². The summed E-state index contributed by atoms with van der Waals surface area (Å²) in [5.74, 6) is -0.132. The molecule has 144 valence electrons. The summed E-state index contributed by atoms with van der Waals surface area (Å²) in [6, 6.07) is 12.7. The number of hydrogen-bond acceptors (Lipinski definition) is 4. The van der Waals surface area contributed by atoms with Crippen molar-refractivity contribution in [3.8, 4) is 0 Å². The Bertz CT molecular complexity index is 939. The molecular weight excluding hydrogens is 364 g/mol. The van der Waals surface area contributed by atoms with Crippen molar-refractivity contribution in [2.75, 3.05) is 24.6 Å². The van der Waals surface area contributed by atoms with E-state index in [0.29, 0.717) is 6.54 Å². The molecule has 1 saturated heterocycles. The lowest BCUT2D eigenvalue weighted by Crippen LogP contribution is -2.50. The second kappa shape index (κ2) is 7.80. The maximum absolute atomic E-state index is 12.5. The van der Waals surface area contributed by atoms with E-state index in [1.807, 2.05) is 45.0 Å². The van der Waals surface area contributed by atoms with E-state index < -0.39 is 16.1 Å². The van der Waals surface area contributed by atoms with Crippen LogP contribution in [-0.4, -0.2) is 40.1 Å². The quantitative estimate of drug-likeness (QED) is 0.853. The number of aryl methyl sites for hydroxylation is 3. The minimum Gasteiger partial charge on any atom is -0.365 e. The number of rotatable bonds is 5. The summed E-state index contributed by atoms with van der Waals surface area (Å²) in [5.41, 5.74) is 3.85. The Kier molecular flexibility index (Phi) is 5.64. The first-order chi connectivity index (χ1) is 12.8. The maximum atomic E-state index is 12.5. The molecule has 1 amide bonds. The van der Waals surface area contributed by atoms with Crippen molar-refractivity contribution in [3.63, 3.8) is 0 Å². The van der Waals surface area contributed by atoms with Gasteiger partial charge in [0.1, 0.15) is 6.61 Å². The predicted molar refractivity (Wildman–Crippen MR) is 104 cm³/mol. The molecule has 1 N–H and O–H groups in total. The van der Waals surface area contributed by atoms with Gasteiger partial charge < -0.3 is 9.64 Å². The smallest absolute Gasteiger partial charge is 0.253 e. The van der Waals surface area contributed by atoms with Gasteiger partial charge in [0.25, 0.3) is 5.91 Å². The highest BCUT2D eigenvalue weighted by atomic mass is 32.2. The van der Waals surface area contributed by atoms with E-state index in [-0.39, 0.29) is 24.0 Å². The Hall–Kier alpha value is -2.22. The van der Waals surface area contributed by atoms with Crippen molar-refractivity contribution in [3.05, 3.63) is 59.2 Å². The molecule has 2 aromatic rings. The molecule has 0 aromatic heterocycles. The highest BCUT2D eigenvalue weighted by molar-refractivity contribution is 7.89. The van der Waals surface area contributed by atoms with Crippen LogP contribution in [-0.2, 0) is 19.6 Å². The molecular formula is C20H24N2O4S. The Morgan fingerprint density at radius 1 is 1.07 bits per heavy atom. The van der Waals surface area contributed by atoms with Gasteiger partial charge in [0.05, 0.1) is 17.5 Å². The maximum Gasteiger partial charge on any atom is 0.253 e. The van der Waals surface area contributed by atoms with Crippen LogP contribution in [0.4, 0.5) is 5.69 Å². The predicted octanol–water partition coefficient (Wildman–Crippen LogP) is 2.32. The summed E-state index contributed by atoms with van der Waals surface area (Å²) in [5, 5.41) is 0. The number of sulfonamides is 1. The molecule has 1 atom stereocenters.